The van der Waals surface area contributed by atoms with E-state index in [1.165, 1.54) is 63.6 Å². The van der Waals surface area contributed by atoms with Gasteiger partial charge in [-0.2, -0.15) is 0 Å². The third kappa shape index (κ3) is 4.32. The molecule has 0 saturated heterocycles. The predicted molar refractivity (Wildman–Crippen MR) is 89.1 cm³/mol. The summed E-state index contributed by atoms with van der Waals surface area (Å²) in [6.07, 6.45) is 12.1. The number of hydrogen-bond acceptors (Lipinski definition) is 3. The van der Waals surface area contributed by atoms with E-state index in [1.807, 2.05) is 0 Å². The molecule has 1 unspecified atom stereocenters. The molecule has 0 aromatic carbocycles. The van der Waals surface area contributed by atoms with Crippen molar-refractivity contribution in [2.75, 3.05) is 13.1 Å². The van der Waals surface area contributed by atoms with Gasteiger partial charge in [0.05, 0.1) is 5.71 Å². The molecule has 2 aliphatic rings. The van der Waals surface area contributed by atoms with E-state index in [9.17, 15) is 5.21 Å². The number of rotatable bonds is 7. The Balaban J connectivity index is 2.02. The van der Waals surface area contributed by atoms with Gasteiger partial charge in [-0.3, -0.25) is 0 Å². The molecule has 2 rings (SSSR count). The van der Waals surface area contributed by atoms with Crippen molar-refractivity contribution < 1.29 is 5.21 Å². The molecule has 1 N–H and O–H groups in total. The van der Waals surface area contributed by atoms with E-state index in [0.717, 1.165) is 31.0 Å². The maximum absolute atomic E-state index is 9.18. The first-order valence-electron chi connectivity index (χ1n) is 8.96. The summed E-state index contributed by atoms with van der Waals surface area (Å²) in [7, 11) is 0. The molecule has 3 heteroatoms. The van der Waals surface area contributed by atoms with E-state index in [0.29, 0.717) is 0 Å². The van der Waals surface area contributed by atoms with E-state index in [4.69, 9.17) is 0 Å². The van der Waals surface area contributed by atoms with Crippen LogP contribution in [0.2, 0.25) is 0 Å². The summed E-state index contributed by atoms with van der Waals surface area (Å²) < 4.78 is 0. The molecule has 0 heterocycles. The molecule has 0 amide bonds. The lowest BCUT2D eigenvalue weighted by molar-refractivity contribution is 0.173. The van der Waals surface area contributed by atoms with Crippen LogP contribution < -0.4 is 0 Å². The maximum atomic E-state index is 9.18. The summed E-state index contributed by atoms with van der Waals surface area (Å²) in [4.78, 5) is 2.74. The van der Waals surface area contributed by atoms with Gasteiger partial charge in [-0.05, 0) is 70.0 Å². The van der Waals surface area contributed by atoms with Gasteiger partial charge in [0.25, 0.3) is 0 Å². The van der Waals surface area contributed by atoms with Gasteiger partial charge in [-0.25, -0.2) is 0 Å². The molecule has 0 saturated carbocycles. The lowest BCUT2D eigenvalue weighted by Gasteiger charge is -2.38. The zero-order valence-electron chi connectivity index (χ0n) is 13.9. The summed E-state index contributed by atoms with van der Waals surface area (Å²) in [5.41, 5.74) is 3.96. The molecule has 0 aromatic heterocycles. The molecule has 0 bridgehead atoms. The van der Waals surface area contributed by atoms with Crippen LogP contribution in [0.15, 0.2) is 16.3 Å². The number of oxime groups is 1. The SMILES string of the molecule is CCCCN(CCCC)C1CCC2=C(CCCC2=NO)C1. The third-order valence-electron chi connectivity index (χ3n) is 5.11. The highest BCUT2D eigenvalue weighted by molar-refractivity contribution is 6.01. The average molecular weight is 292 g/mol. The highest BCUT2D eigenvalue weighted by Crippen LogP contribution is 2.36. The Bertz CT molecular complexity index is 379. The fourth-order valence-electron chi connectivity index (χ4n) is 3.84. The summed E-state index contributed by atoms with van der Waals surface area (Å²) >= 11 is 0. The van der Waals surface area contributed by atoms with E-state index in [-0.39, 0.29) is 0 Å². The quantitative estimate of drug-likeness (QED) is 0.543. The first-order valence-corrected chi connectivity index (χ1v) is 8.96. The van der Waals surface area contributed by atoms with Crippen molar-refractivity contribution in [3.05, 3.63) is 11.1 Å². The highest BCUT2D eigenvalue weighted by Gasteiger charge is 2.29. The van der Waals surface area contributed by atoms with E-state index in [1.54, 1.807) is 5.57 Å². The first-order chi connectivity index (χ1) is 10.3. The molecule has 0 radical (unpaired) electrons. The van der Waals surface area contributed by atoms with Gasteiger partial charge < -0.3 is 10.1 Å². The molecule has 0 fully saturated rings. The summed E-state index contributed by atoms with van der Waals surface area (Å²) in [6, 6.07) is 0.722. The lowest BCUT2D eigenvalue weighted by atomic mass is 9.78. The van der Waals surface area contributed by atoms with Crippen molar-refractivity contribution in [2.24, 2.45) is 5.16 Å². The molecule has 3 nitrogen and oxygen atoms in total. The number of nitrogens with zero attached hydrogens (tertiary/aromatic N) is 2. The van der Waals surface area contributed by atoms with Crippen LogP contribution in [-0.4, -0.2) is 35.0 Å². The zero-order chi connectivity index (χ0) is 15.1. The van der Waals surface area contributed by atoms with Crippen LogP contribution in [0.5, 0.6) is 0 Å². The van der Waals surface area contributed by atoms with Crippen LogP contribution >= 0.6 is 0 Å². The van der Waals surface area contributed by atoms with E-state index in [2.05, 4.69) is 23.9 Å². The van der Waals surface area contributed by atoms with Gasteiger partial charge in [0.2, 0.25) is 0 Å². The lowest BCUT2D eigenvalue weighted by Crippen LogP contribution is -2.39. The Morgan fingerprint density at radius 1 is 1.10 bits per heavy atom. The zero-order valence-corrected chi connectivity index (χ0v) is 13.9. The second-order valence-corrected chi connectivity index (χ2v) is 6.62. The van der Waals surface area contributed by atoms with Crippen molar-refractivity contribution in [1.82, 2.24) is 4.90 Å². The molecular formula is C18H32N2O. The van der Waals surface area contributed by atoms with Crippen LogP contribution in [0.4, 0.5) is 0 Å². The highest BCUT2D eigenvalue weighted by atomic mass is 16.4. The topological polar surface area (TPSA) is 35.8 Å². The van der Waals surface area contributed by atoms with Crippen molar-refractivity contribution >= 4 is 5.71 Å². The van der Waals surface area contributed by atoms with Crippen LogP contribution in [-0.2, 0) is 0 Å². The van der Waals surface area contributed by atoms with Crippen molar-refractivity contribution in [3.8, 4) is 0 Å². The monoisotopic (exact) mass is 292 g/mol. The molecule has 0 aromatic rings. The van der Waals surface area contributed by atoms with E-state index < -0.39 is 0 Å². The van der Waals surface area contributed by atoms with Gasteiger partial charge in [0, 0.05) is 6.04 Å². The largest absolute Gasteiger partial charge is 0.411 e. The second kappa shape index (κ2) is 8.57. The molecule has 1 atom stereocenters. The minimum absolute atomic E-state index is 0.722. The Kier molecular flexibility index (Phi) is 6.75. The van der Waals surface area contributed by atoms with Crippen molar-refractivity contribution in [2.45, 2.75) is 84.1 Å². The van der Waals surface area contributed by atoms with Crippen LogP contribution in [0.3, 0.4) is 0 Å². The molecule has 21 heavy (non-hydrogen) atoms. The van der Waals surface area contributed by atoms with Crippen LogP contribution in [0.25, 0.3) is 0 Å². The second-order valence-electron chi connectivity index (χ2n) is 6.62. The standard InChI is InChI=1S/C18H32N2O/c1-3-5-12-20(13-6-4-2)16-10-11-17-15(14-16)8-7-9-18(17)19-21/h16,21H,3-14H2,1-2H3. The van der Waals surface area contributed by atoms with Crippen LogP contribution in [0, 0.1) is 0 Å². The number of hydrogen-bond donors (Lipinski definition) is 1. The number of unbranched alkanes of at least 4 members (excludes halogenated alkanes) is 2. The predicted octanol–water partition coefficient (Wildman–Crippen LogP) is 4.75. The molecule has 120 valence electrons. The summed E-state index contributed by atoms with van der Waals surface area (Å²) in [5.74, 6) is 0. The van der Waals surface area contributed by atoms with Gasteiger partial charge >= 0.3 is 0 Å². The molecule has 0 aliphatic heterocycles. The molecule has 0 spiro atoms. The van der Waals surface area contributed by atoms with Crippen LogP contribution in [0.1, 0.15) is 78.1 Å². The fourth-order valence-corrected chi connectivity index (χ4v) is 3.84. The maximum Gasteiger partial charge on any atom is 0.0827 e. The van der Waals surface area contributed by atoms with Crippen molar-refractivity contribution in [3.63, 3.8) is 0 Å². The smallest absolute Gasteiger partial charge is 0.0827 e. The van der Waals surface area contributed by atoms with Gasteiger partial charge in [0.15, 0.2) is 0 Å². The third-order valence-corrected chi connectivity index (χ3v) is 5.11. The fraction of sp³-hybridized carbons (Fsp3) is 0.833. The Hall–Kier alpha value is -0.830. The van der Waals surface area contributed by atoms with Gasteiger partial charge in [0.1, 0.15) is 0 Å². The van der Waals surface area contributed by atoms with Crippen molar-refractivity contribution in [1.29, 1.82) is 0 Å². The Morgan fingerprint density at radius 3 is 2.43 bits per heavy atom. The average Bonchev–Trinajstić information content (AvgIpc) is 2.54. The van der Waals surface area contributed by atoms with E-state index >= 15 is 0 Å². The normalized spacial score (nSPS) is 24.7. The molecule has 2 aliphatic carbocycles. The Labute approximate surface area is 130 Å². The minimum atomic E-state index is 0.722. The summed E-state index contributed by atoms with van der Waals surface area (Å²) in [5, 5.41) is 12.7. The first kappa shape index (κ1) is 16.5. The Morgan fingerprint density at radius 2 is 1.81 bits per heavy atom. The molecular weight excluding hydrogens is 260 g/mol. The van der Waals surface area contributed by atoms with Gasteiger partial charge in [-0.1, -0.05) is 37.4 Å². The summed E-state index contributed by atoms with van der Waals surface area (Å²) in [6.45, 7) is 7.07. The van der Waals surface area contributed by atoms with Gasteiger partial charge in [-0.15, -0.1) is 0 Å². The number of allylic oxidation sites excluding steroid dienone is 1. The minimum Gasteiger partial charge on any atom is -0.411 e.